The molecule has 120 valence electrons. The van der Waals surface area contributed by atoms with Crippen molar-refractivity contribution < 1.29 is 22.3 Å². The van der Waals surface area contributed by atoms with Crippen LogP contribution in [0.2, 0.25) is 0 Å². The van der Waals surface area contributed by atoms with Crippen LogP contribution in [0.25, 0.3) is 5.57 Å². The lowest BCUT2D eigenvalue weighted by molar-refractivity contribution is -0.211. The molecular weight excluding hydrogens is 322 g/mol. The molecular formula is C13H13F4N3OS. The molecule has 0 bridgehead atoms. The topological polar surface area (TPSA) is 58.8 Å². The van der Waals surface area contributed by atoms with Crippen molar-refractivity contribution in [3.63, 3.8) is 0 Å². The minimum absolute atomic E-state index is 0.119. The molecule has 0 saturated heterocycles. The molecule has 22 heavy (non-hydrogen) atoms. The smallest absolute Gasteiger partial charge is 0.342 e. The van der Waals surface area contributed by atoms with E-state index in [2.05, 4.69) is 21.3 Å². The molecule has 0 atom stereocenters. The second kappa shape index (κ2) is 7.45. The van der Waals surface area contributed by atoms with E-state index in [9.17, 15) is 17.6 Å². The summed E-state index contributed by atoms with van der Waals surface area (Å²) >= 11 is 1.33. The molecule has 1 aromatic heterocycles. The van der Waals surface area contributed by atoms with Crippen LogP contribution in [0.5, 0.6) is 5.88 Å². The number of hydrogen-bond donors (Lipinski definition) is 0. The summed E-state index contributed by atoms with van der Waals surface area (Å²) < 4.78 is 55.8. The van der Waals surface area contributed by atoms with Crippen molar-refractivity contribution in [1.82, 2.24) is 9.97 Å². The van der Waals surface area contributed by atoms with Crippen molar-refractivity contribution in [2.75, 3.05) is 18.1 Å². The van der Waals surface area contributed by atoms with E-state index in [1.807, 2.05) is 6.07 Å². The molecule has 1 aromatic rings. The normalized spacial score (nSPS) is 11.8. The van der Waals surface area contributed by atoms with E-state index < -0.39 is 18.5 Å². The van der Waals surface area contributed by atoms with Crippen LogP contribution >= 0.6 is 11.8 Å². The number of alkyl halides is 4. The monoisotopic (exact) mass is 335 g/mol. The molecule has 0 unspecified atom stereocenters. The third kappa shape index (κ3) is 5.18. The van der Waals surface area contributed by atoms with Gasteiger partial charge in [0, 0.05) is 12.7 Å². The molecule has 0 aliphatic heterocycles. The Bertz CT molecular complexity index is 552. The maximum atomic E-state index is 13.0. The average molecular weight is 335 g/mol. The van der Waals surface area contributed by atoms with E-state index in [1.54, 1.807) is 0 Å². The summed E-state index contributed by atoms with van der Waals surface area (Å²) in [5.74, 6) is -8.02. The van der Waals surface area contributed by atoms with Gasteiger partial charge in [0.05, 0.1) is 29.9 Å². The van der Waals surface area contributed by atoms with E-state index >= 15 is 0 Å². The van der Waals surface area contributed by atoms with Crippen LogP contribution in [-0.4, -0.2) is 39.9 Å². The largest absolute Gasteiger partial charge is 0.470 e. The molecule has 1 heterocycles. The first-order valence-corrected chi connectivity index (χ1v) is 7.16. The molecule has 0 fully saturated rings. The summed E-state index contributed by atoms with van der Waals surface area (Å²) in [5.41, 5.74) is 1.01. The Balaban J connectivity index is 2.59. The van der Waals surface area contributed by atoms with Gasteiger partial charge in [-0.15, -0.1) is 11.8 Å². The Morgan fingerprint density at radius 3 is 2.55 bits per heavy atom. The predicted octanol–water partition coefficient (Wildman–Crippen LogP) is 3.42. The van der Waals surface area contributed by atoms with E-state index in [0.29, 0.717) is 22.8 Å². The van der Waals surface area contributed by atoms with Gasteiger partial charge in [0.2, 0.25) is 5.88 Å². The zero-order valence-electron chi connectivity index (χ0n) is 11.7. The molecule has 0 radical (unpaired) electrons. The Kier molecular flexibility index (Phi) is 6.17. The minimum atomic E-state index is -4.30. The number of rotatable bonds is 8. The molecule has 0 amide bonds. The van der Waals surface area contributed by atoms with Crippen LogP contribution in [0.4, 0.5) is 17.6 Å². The van der Waals surface area contributed by atoms with Gasteiger partial charge in [0.15, 0.2) is 6.61 Å². The maximum absolute atomic E-state index is 13.0. The summed E-state index contributed by atoms with van der Waals surface area (Å²) in [7, 11) is 0. The second-order valence-electron chi connectivity index (χ2n) is 4.38. The fraction of sp³-hybridized carbons (Fsp3) is 0.462. The second-order valence-corrected chi connectivity index (χ2v) is 5.36. The minimum Gasteiger partial charge on any atom is -0.470 e. The van der Waals surface area contributed by atoms with E-state index in [4.69, 9.17) is 5.26 Å². The van der Waals surface area contributed by atoms with Gasteiger partial charge in [0.1, 0.15) is 0 Å². The molecule has 0 spiro atoms. The summed E-state index contributed by atoms with van der Waals surface area (Å²) in [4.78, 5) is 7.62. The van der Waals surface area contributed by atoms with E-state index in [-0.39, 0.29) is 12.8 Å². The van der Waals surface area contributed by atoms with Gasteiger partial charge in [0.25, 0.3) is 0 Å². The van der Waals surface area contributed by atoms with Crippen molar-refractivity contribution >= 4 is 17.3 Å². The van der Waals surface area contributed by atoms with Crippen molar-refractivity contribution in [2.24, 2.45) is 0 Å². The molecule has 4 nitrogen and oxygen atoms in total. The average Bonchev–Trinajstić information content (AvgIpc) is 2.44. The first-order valence-electron chi connectivity index (χ1n) is 6.00. The zero-order chi connectivity index (χ0) is 16.8. The summed E-state index contributed by atoms with van der Waals surface area (Å²) in [6, 6.07) is 1.96. The highest BCUT2D eigenvalue weighted by Crippen LogP contribution is 2.33. The number of ether oxygens (including phenoxy) is 1. The number of nitrogens with zero attached hydrogens (tertiary/aromatic N) is 3. The Hall–Kier alpha value is -1.82. The number of halogens is 4. The molecule has 0 N–H and O–H groups in total. The third-order valence-corrected chi connectivity index (χ3v) is 3.36. The van der Waals surface area contributed by atoms with Gasteiger partial charge in [-0.2, -0.15) is 14.0 Å². The number of hydrogen-bond acceptors (Lipinski definition) is 5. The van der Waals surface area contributed by atoms with Crippen LogP contribution < -0.4 is 4.74 Å². The van der Waals surface area contributed by atoms with Crippen molar-refractivity contribution in [1.29, 1.82) is 5.26 Å². The maximum Gasteiger partial charge on any atom is 0.342 e. The first-order chi connectivity index (χ1) is 10.2. The van der Waals surface area contributed by atoms with Crippen molar-refractivity contribution in [3.8, 4) is 11.9 Å². The fourth-order valence-electron chi connectivity index (χ4n) is 1.16. The molecule has 0 saturated carbocycles. The molecule has 0 aliphatic carbocycles. The van der Waals surface area contributed by atoms with Gasteiger partial charge in [-0.1, -0.05) is 6.58 Å². The number of thioether (sulfide) groups is 1. The van der Waals surface area contributed by atoms with Crippen LogP contribution in [0.1, 0.15) is 12.6 Å². The highest BCUT2D eigenvalue weighted by atomic mass is 32.2. The molecule has 0 aromatic carbocycles. The van der Waals surface area contributed by atoms with Crippen LogP contribution in [-0.2, 0) is 0 Å². The lowest BCUT2D eigenvalue weighted by Gasteiger charge is -2.22. The third-order valence-electron chi connectivity index (χ3n) is 2.48. The van der Waals surface area contributed by atoms with Gasteiger partial charge >= 0.3 is 11.8 Å². The molecule has 0 aliphatic rings. The number of nitriles is 1. The molecule has 9 heteroatoms. The van der Waals surface area contributed by atoms with E-state index in [1.165, 1.54) is 18.0 Å². The fourth-order valence-corrected chi connectivity index (χ4v) is 1.75. The van der Waals surface area contributed by atoms with Crippen molar-refractivity contribution in [2.45, 2.75) is 18.8 Å². The van der Waals surface area contributed by atoms with Gasteiger partial charge in [-0.05, 0) is 5.57 Å². The quantitative estimate of drug-likeness (QED) is 0.538. The van der Waals surface area contributed by atoms with Crippen LogP contribution in [0.15, 0.2) is 19.0 Å². The van der Waals surface area contributed by atoms with Gasteiger partial charge < -0.3 is 4.74 Å². The Labute approximate surface area is 129 Å². The van der Waals surface area contributed by atoms with E-state index in [0.717, 1.165) is 6.20 Å². The lowest BCUT2D eigenvalue weighted by Crippen LogP contribution is -2.42. The SMILES string of the molecule is C=C(CSCC#N)c1cnc(OCC(F)(F)C(C)(F)F)cn1. The Morgan fingerprint density at radius 1 is 1.36 bits per heavy atom. The van der Waals surface area contributed by atoms with Crippen molar-refractivity contribution in [3.05, 3.63) is 24.7 Å². The highest BCUT2D eigenvalue weighted by Gasteiger charge is 2.53. The Morgan fingerprint density at radius 2 is 2.05 bits per heavy atom. The van der Waals surface area contributed by atoms with Gasteiger partial charge in [-0.3, -0.25) is 0 Å². The summed E-state index contributed by atoms with van der Waals surface area (Å²) in [6.45, 7) is 2.37. The lowest BCUT2D eigenvalue weighted by atomic mass is 10.2. The first kappa shape index (κ1) is 18.2. The summed E-state index contributed by atoms with van der Waals surface area (Å²) in [6.07, 6.45) is 2.30. The predicted molar refractivity (Wildman–Crippen MR) is 75.1 cm³/mol. The standard InChI is InChI=1S/C13H13F4N3OS/c1-9(7-22-4-3-18)10-5-20-11(6-19-10)21-8-13(16,17)12(2,14)15/h5-6H,1,4,7-8H2,2H3. The van der Waals surface area contributed by atoms with Gasteiger partial charge in [-0.25, -0.2) is 18.7 Å². The van der Waals surface area contributed by atoms with Crippen LogP contribution in [0, 0.1) is 11.3 Å². The highest BCUT2D eigenvalue weighted by molar-refractivity contribution is 7.99. The van der Waals surface area contributed by atoms with Crippen LogP contribution in [0.3, 0.4) is 0 Å². The number of aromatic nitrogens is 2. The molecule has 1 rings (SSSR count). The zero-order valence-corrected chi connectivity index (χ0v) is 12.5. The summed E-state index contributed by atoms with van der Waals surface area (Å²) in [5, 5.41) is 8.41.